The number of rotatable bonds is 4. The number of fused-ring (bicyclic) bond motifs is 2. The van der Waals surface area contributed by atoms with Crippen molar-refractivity contribution in [2.45, 2.75) is 19.0 Å². The predicted molar refractivity (Wildman–Crippen MR) is 89.5 cm³/mol. The van der Waals surface area contributed by atoms with E-state index in [9.17, 15) is 9.59 Å². The largest absolute Gasteiger partial charge is 0.345 e. The van der Waals surface area contributed by atoms with E-state index in [1.165, 1.54) is 0 Å². The van der Waals surface area contributed by atoms with Crippen molar-refractivity contribution in [2.24, 2.45) is 0 Å². The van der Waals surface area contributed by atoms with Gasteiger partial charge in [-0.05, 0) is 39.6 Å². The zero-order valence-electron chi connectivity index (χ0n) is 13.6. The first kappa shape index (κ1) is 15.3. The molecule has 1 N–H and O–H groups in total. The number of hydrogen-bond acceptors (Lipinski definition) is 5. The fourth-order valence-corrected chi connectivity index (χ4v) is 3.10. The van der Waals surface area contributed by atoms with Gasteiger partial charge in [0, 0.05) is 19.2 Å². The van der Waals surface area contributed by atoms with Gasteiger partial charge in [-0.1, -0.05) is 24.3 Å². The fraction of sp³-hybridized carbons (Fsp3) is 0.222. The number of carbonyl (C=O) groups excluding carboxylic acids is 2. The predicted octanol–water partition coefficient (Wildman–Crippen LogP) is 2.06. The van der Waals surface area contributed by atoms with Crippen molar-refractivity contribution in [1.29, 1.82) is 0 Å². The van der Waals surface area contributed by atoms with Gasteiger partial charge >= 0.3 is 0 Å². The Balaban J connectivity index is 1.45. The van der Waals surface area contributed by atoms with E-state index in [2.05, 4.69) is 20.3 Å². The molecular formula is C18H16N4O3. The molecule has 1 atom stereocenters. The zero-order chi connectivity index (χ0) is 17.4. The van der Waals surface area contributed by atoms with Gasteiger partial charge in [-0.3, -0.25) is 9.59 Å². The average Bonchev–Trinajstić information content (AvgIpc) is 3.20. The van der Waals surface area contributed by atoms with Crippen LogP contribution in [0.25, 0.3) is 11.0 Å². The van der Waals surface area contributed by atoms with E-state index in [-0.39, 0.29) is 24.3 Å². The molecule has 7 heteroatoms. The smallest absolute Gasteiger partial charge is 0.252 e. The van der Waals surface area contributed by atoms with Gasteiger partial charge in [0.25, 0.3) is 5.91 Å². The first-order valence-corrected chi connectivity index (χ1v) is 7.97. The number of nitrogens with zero attached hydrogens (tertiary/aromatic N) is 3. The van der Waals surface area contributed by atoms with Crippen LogP contribution in [0.1, 0.15) is 33.9 Å². The Labute approximate surface area is 143 Å². The summed E-state index contributed by atoms with van der Waals surface area (Å²) >= 11 is 0. The second-order valence-corrected chi connectivity index (χ2v) is 6.15. The van der Waals surface area contributed by atoms with Gasteiger partial charge in [-0.25, -0.2) is 4.63 Å². The van der Waals surface area contributed by atoms with Crippen LogP contribution in [0.3, 0.4) is 0 Å². The first-order valence-electron chi connectivity index (χ1n) is 7.97. The van der Waals surface area contributed by atoms with Crippen molar-refractivity contribution in [1.82, 2.24) is 20.5 Å². The van der Waals surface area contributed by atoms with Gasteiger partial charge in [-0.15, -0.1) is 0 Å². The van der Waals surface area contributed by atoms with E-state index in [1.807, 2.05) is 36.4 Å². The van der Waals surface area contributed by atoms with Crippen LogP contribution in [0.15, 0.2) is 47.1 Å². The fourth-order valence-electron chi connectivity index (χ4n) is 3.10. The van der Waals surface area contributed by atoms with E-state index in [0.29, 0.717) is 23.1 Å². The summed E-state index contributed by atoms with van der Waals surface area (Å²) in [6.07, 6.45) is 0.229. The van der Waals surface area contributed by atoms with E-state index in [4.69, 9.17) is 0 Å². The molecule has 0 aliphatic carbocycles. The molecule has 1 aliphatic heterocycles. The van der Waals surface area contributed by atoms with Crippen LogP contribution in [-0.2, 0) is 11.3 Å². The van der Waals surface area contributed by atoms with Gasteiger partial charge < -0.3 is 10.2 Å². The normalized spacial score (nSPS) is 15.9. The molecule has 2 aromatic carbocycles. The Hall–Kier alpha value is -3.22. The summed E-state index contributed by atoms with van der Waals surface area (Å²) in [5, 5.41) is 10.4. The standard InChI is InChI=1S/C18H16N4O3/c1-22(10-11-6-7-14-16(8-11)21-25-20-14)17(23)9-15-12-4-2-3-5-13(12)18(24)19-15/h2-8,15H,9-10H2,1H3,(H,19,24)/t15-/m0/s1. The summed E-state index contributed by atoms with van der Waals surface area (Å²) in [4.78, 5) is 26.2. The number of aromatic nitrogens is 2. The molecule has 2 heterocycles. The number of benzene rings is 2. The molecule has 0 radical (unpaired) electrons. The van der Waals surface area contributed by atoms with Crippen molar-refractivity contribution in [2.75, 3.05) is 7.05 Å². The van der Waals surface area contributed by atoms with Crippen LogP contribution in [0.5, 0.6) is 0 Å². The zero-order valence-corrected chi connectivity index (χ0v) is 13.6. The Morgan fingerprint density at radius 2 is 2.00 bits per heavy atom. The highest BCUT2D eigenvalue weighted by Gasteiger charge is 2.30. The third-order valence-corrected chi connectivity index (χ3v) is 4.43. The number of nitrogens with one attached hydrogen (secondary N) is 1. The summed E-state index contributed by atoms with van der Waals surface area (Å²) in [7, 11) is 1.75. The topological polar surface area (TPSA) is 88.3 Å². The summed E-state index contributed by atoms with van der Waals surface area (Å²) in [5.74, 6) is -0.166. The van der Waals surface area contributed by atoms with Crippen molar-refractivity contribution < 1.29 is 14.2 Å². The van der Waals surface area contributed by atoms with Crippen LogP contribution in [0, 0.1) is 0 Å². The van der Waals surface area contributed by atoms with Gasteiger partial charge in [0.2, 0.25) is 5.91 Å². The van der Waals surface area contributed by atoms with Crippen LogP contribution in [-0.4, -0.2) is 34.1 Å². The monoisotopic (exact) mass is 336 g/mol. The minimum atomic E-state index is -0.277. The van der Waals surface area contributed by atoms with Gasteiger partial charge in [-0.2, -0.15) is 0 Å². The highest BCUT2D eigenvalue weighted by Crippen LogP contribution is 2.28. The third kappa shape index (κ3) is 2.84. The lowest BCUT2D eigenvalue weighted by Crippen LogP contribution is -2.30. The van der Waals surface area contributed by atoms with Crippen LogP contribution in [0.4, 0.5) is 0 Å². The average molecular weight is 336 g/mol. The van der Waals surface area contributed by atoms with Gasteiger partial charge in [0.05, 0.1) is 12.5 Å². The Morgan fingerprint density at radius 1 is 1.20 bits per heavy atom. The Bertz CT molecular complexity index is 966. The van der Waals surface area contributed by atoms with Gasteiger partial charge in [0.1, 0.15) is 11.0 Å². The molecular weight excluding hydrogens is 320 g/mol. The number of hydrogen-bond donors (Lipinski definition) is 1. The molecule has 0 unspecified atom stereocenters. The second-order valence-electron chi connectivity index (χ2n) is 6.15. The van der Waals surface area contributed by atoms with Gasteiger partial charge in [0.15, 0.2) is 0 Å². The minimum absolute atomic E-state index is 0.0413. The molecule has 1 aromatic heterocycles. The molecule has 0 saturated heterocycles. The third-order valence-electron chi connectivity index (χ3n) is 4.43. The number of carbonyl (C=O) groups is 2. The molecule has 0 bridgehead atoms. The molecule has 7 nitrogen and oxygen atoms in total. The lowest BCUT2D eigenvalue weighted by atomic mass is 10.0. The summed E-state index contributed by atoms with van der Waals surface area (Å²) in [6, 6.07) is 12.6. The summed E-state index contributed by atoms with van der Waals surface area (Å²) in [6.45, 7) is 0.448. The second kappa shape index (κ2) is 6.01. The van der Waals surface area contributed by atoms with Crippen molar-refractivity contribution in [3.8, 4) is 0 Å². The number of amides is 2. The summed E-state index contributed by atoms with van der Waals surface area (Å²) < 4.78 is 4.68. The molecule has 3 aromatic rings. The Morgan fingerprint density at radius 3 is 2.88 bits per heavy atom. The molecule has 1 aliphatic rings. The minimum Gasteiger partial charge on any atom is -0.345 e. The molecule has 0 spiro atoms. The van der Waals surface area contributed by atoms with Crippen LogP contribution < -0.4 is 5.32 Å². The molecule has 0 saturated carbocycles. The molecule has 25 heavy (non-hydrogen) atoms. The maximum absolute atomic E-state index is 12.6. The first-order chi connectivity index (χ1) is 12.1. The van der Waals surface area contributed by atoms with E-state index in [0.717, 1.165) is 11.1 Å². The quantitative estimate of drug-likeness (QED) is 0.788. The Kier molecular flexibility index (Phi) is 3.68. The SMILES string of the molecule is CN(Cc1ccc2nonc2c1)C(=O)C[C@@H]1NC(=O)c2ccccc21. The van der Waals surface area contributed by atoms with Crippen molar-refractivity contribution in [3.05, 3.63) is 59.2 Å². The summed E-state index contributed by atoms with van der Waals surface area (Å²) in [5.41, 5.74) is 3.81. The highest BCUT2D eigenvalue weighted by molar-refractivity contribution is 5.99. The lowest BCUT2D eigenvalue weighted by molar-refractivity contribution is -0.130. The van der Waals surface area contributed by atoms with Crippen molar-refractivity contribution in [3.63, 3.8) is 0 Å². The van der Waals surface area contributed by atoms with Crippen molar-refractivity contribution >= 4 is 22.8 Å². The lowest BCUT2D eigenvalue weighted by Gasteiger charge is -2.20. The highest BCUT2D eigenvalue weighted by atomic mass is 16.6. The van der Waals surface area contributed by atoms with E-state index in [1.54, 1.807) is 18.0 Å². The maximum atomic E-state index is 12.6. The van der Waals surface area contributed by atoms with Crippen LogP contribution >= 0.6 is 0 Å². The molecule has 4 rings (SSSR count). The maximum Gasteiger partial charge on any atom is 0.252 e. The molecule has 0 fully saturated rings. The molecule has 2 amide bonds. The molecule has 126 valence electrons. The van der Waals surface area contributed by atoms with Crippen LogP contribution in [0.2, 0.25) is 0 Å². The van der Waals surface area contributed by atoms with E-state index < -0.39 is 0 Å². The van der Waals surface area contributed by atoms with E-state index >= 15 is 0 Å².